The Hall–Kier alpha value is -1.83. The summed E-state index contributed by atoms with van der Waals surface area (Å²) >= 11 is 1.73. The zero-order valence-electron chi connectivity index (χ0n) is 16.0. The van der Waals surface area contributed by atoms with Crippen LogP contribution in [-0.4, -0.2) is 46.9 Å². The highest BCUT2D eigenvalue weighted by atomic mass is 32.1. The van der Waals surface area contributed by atoms with E-state index < -0.39 is 0 Å². The molecule has 5 rings (SSSR count). The van der Waals surface area contributed by atoms with Gasteiger partial charge in [-0.1, -0.05) is 6.92 Å². The maximum Gasteiger partial charge on any atom is 0.150 e. The van der Waals surface area contributed by atoms with Crippen LogP contribution < -0.4 is 4.90 Å². The van der Waals surface area contributed by atoms with Gasteiger partial charge in [0, 0.05) is 36.2 Å². The minimum Gasteiger partial charge on any atom is -0.378 e. The van der Waals surface area contributed by atoms with Crippen molar-refractivity contribution in [3.63, 3.8) is 0 Å². The molecule has 0 bridgehead atoms. The van der Waals surface area contributed by atoms with Crippen LogP contribution in [0.5, 0.6) is 0 Å². The molecule has 0 aliphatic carbocycles. The second-order valence-electron chi connectivity index (χ2n) is 7.85. The van der Waals surface area contributed by atoms with Crippen LogP contribution in [-0.2, 0) is 28.9 Å². The predicted octanol–water partition coefficient (Wildman–Crippen LogP) is 3.49. The number of pyridine rings is 1. The van der Waals surface area contributed by atoms with Crippen molar-refractivity contribution in [1.82, 2.24) is 15.0 Å². The molecule has 7 heteroatoms. The van der Waals surface area contributed by atoms with Crippen molar-refractivity contribution < 1.29 is 9.47 Å². The van der Waals surface area contributed by atoms with Crippen molar-refractivity contribution in [1.29, 1.82) is 0 Å². The van der Waals surface area contributed by atoms with Gasteiger partial charge < -0.3 is 14.4 Å². The van der Waals surface area contributed by atoms with Crippen LogP contribution in [0.25, 0.3) is 20.4 Å². The third-order valence-electron chi connectivity index (χ3n) is 5.54. The second-order valence-corrected chi connectivity index (χ2v) is 8.85. The van der Waals surface area contributed by atoms with Gasteiger partial charge in [0.05, 0.1) is 35.6 Å². The van der Waals surface area contributed by atoms with Crippen LogP contribution in [0, 0.1) is 0 Å². The summed E-state index contributed by atoms with van der Waals surface area (Å²) < 4.78 is 12.8. The lowest BCUT2D eigenvalue weighted by Crippen LogP contribution is -2.36. The van der Waals surface area contributed by atoms with Crippen molar-refractivity contribution in [2.75, 3.05) is 31.2 Å². The molecule has 1 fully saturated rings. The van der Waals surface area contributed by atoms with E-state index in [1.165, 1.54) is 16.5 Å². The van der Waals surface area contributed by atoms with Crippen molar-refractivity contribution in [2.24, 2.45) is 0 Å². The van der Waals surface area contributed by atoms with Gasteiger partial charge in [-0.3, -0.25) is 0 Å². The molecule has 2 aliphatic rings. The molecule has 0 radical (unpaired) electrons. The minimum absolute atomic E-state index is 0.166. The number of morpholine rings is 1. The summed E-state index contributed by atoms with van der Waals surface area (Å²) in [7, 11) is 0. The van der Waals surface area contributed by atoms with Gasteiger partial charge in [0.15, 0.2) is 0 Å². The highest BCUT2D eigenvalue weighted by molar-refractivity contribution is 7.26. The zero-order valence-corrected chi connectivity index (χ0v) is 16.9. The molecule has 142 valence electrons. The smallest absolute Gasteiger partial charge is 0.150 e. The van der Waals surface area contributed by atoms with Gasteiger partial charge in [0.1, 0.15) is 17.0 Å². The van der Waals surface area contributed by atoms with E-state index in [1.54, 1.807) is 17.7 Å². The normalized spacial score (nSPS) is 19.6. The van der Waals surface area contributed by atoms with Crippen molar-refractivity contribution in [3.8, 4) is 0 Å². The lowest BCUT2D eigenvalue weighted by atomic mass is 9.89. The Bertz CT molecular complexity index is 1020. The Morgan fingerprint density at radius 3 is 2.78 bits per heavy atom. The number of anilines is 1. The summed E-state index contributed by atoms with van der Waals surface area (Å²) in [5, 5.41) is 1.20. The van der Waals surface area contributed by atoms with E-state index in [9.17, 15) is 0 Å². The fraction of sp³-hybridized carbons (Fsp3) is 0.550. The molecule has 3 aromatic heterocycles. The van der Waals surface area contributed by atoms with E-state index in [1.807, 2.05) is 0 Å². The Balaban J connectivity index is 1.78. The number of aryl methyl sites for hydroxylation is 1. The minimum atomic E-state index is -0.166. The first kappa shape index (κ1) is 17.3. The molecule has 0 saturated carbocycles. The summed E-state index contributed by atoms with van der Waals surface area (Å²) in [6.45, 7) is 10.4. The van der Waals surface area contributed by atoms with Crippen LogP contribution in [0.15, 0.2) is 6.33 Å². The number of ether oxygens (including phenoxy) is 2. The summed E-state index contributed by atoms with van der Waals surface area (Å²) in [5.74, 6) is 1.02. The molecular weight excluding hydrogens is 360 g/mol. The molecule has 2 aliphatic heterocycles. The molecule has 0 N–H and O–H groups in total. The Morgan fingerprint density at radius 2 is 2.00 bits per heavy atom. The van der Waals surface area contributed by atoms with Crippen LogP contribution in [0.4, 0.5) is 5.82 Å². The molecule has 0 unspecified atom stereocenters. The number of rotatable bonds is 2. The quantitative estimate of drug-likeness (QED) is 0.674. The molecule has 0 spiro atoms. The average Bonchev–Trinajstić information content (AvgIpc) is 3.05. The van der Waals surface area contributed by atoms with Gasteiger partial charge in [-0.25, -0.2) is 15.0 Å². The lowest BCUT2D eigenvalue weighted by Gasteiger charge is -2.33. The van der Waals surface area contributed by atoms with Gasteiger partial charge in [-0.2, -0.15) is 0 Å². The molecule has 0 atom stereocenters. The number of hydrogen-bond donors (Lipinski definition) is 0. The number of hydrogen-bond acceptors (Lipinski definition) is 7. The molecular formula is C20H24N4O2S. The van der Waals surface area contributed by atoms with E-state index in [0.717, 1.165) is 65.7 Å². The van der Waals surface area contributed by atoms with E-state index in [4.69, 9.17) is 19.4 Å². The fourth-order valence-corrected chi connectivity index (χ4v) is 5.35. The second kappa shape index (κ2) is 6.36. The molecule has 0 amide bonds. The summed E-state index contributed by atoms with van der Waals surface area (Å²) in [5.41, 5.74) is 4.65. The number of thiophene rings is 1. The monoisotopic (exact) mass is 384 g/mol. The number of aromatic nitrogens is 3. The Kier molecular flexibility index (Phi) is 4.07. The van der Waals surface area contributed by atoms with Crippen molar-refractivity contribution in [2.45, 2.75) is 45.8 Å². The van der Waals surface area contributed by atoms with E-state index in [0.29, 0.717) is 6.61 Å². The van der Waals surface area contributed by atoms with Crippen molar-refractivity contribution >= 4 is 37.6 Å². The Labute approximate surface area is 162 Å². The standard InChI is InChI=1S/C20H24N4O2S/c1-4-14-13-10-26-20(2,3)9-12(13)15-16-17(27-19(15)23-14)18(22-11-21-16)24-5-7-25-8-6-24/h11H,4-10H2,1-3H3. The number of fused-ring (bicyclic) bond motifs is 5. The van der Waals surface area contributed by atoms with Crippen LogP contribution in [0.3, 0.4) is 0 Å². The number of nitrogens with zero attached hydrogens (tertiary/aromatic N) is 4. The molecule has 0 aromatic carbocycles. The van der Waals surface area contributed by atoms with Crippen molar-refractivity contribution in [3.05, 3.63) is 23.1 Å². The Morgan fingerprint density at radius 1 is 1.19 bits per heavy atom. The van der Waals surface area contributed by atoms with Gasteiger partial charge in [-0.05, 0) is 25.8 Å². The maximum atomic E-state index is 6.10. The summed E-state index contributed by atoms with van der Waals surface area (Å²) in [4.78, 5) is 17.7. The summed E-state index contributed by atoms with van der Waals surface area (Å²) in [6.07, 6.45) is 3.50. The molecule has 27 heavy (non-hydrogen) atoms. The van der Waals surface area contributed by atoms with Crippen LogP contribution in [0.1, 0.15) is 37.6 Å². The molecule has 3 aromatic rings. The highest BCUT2D eigenvalue weighted by Crippen LogP contribution is 2.42. The van der Waals surface area contributed by atoms with E-state index >= 15 is 0 Å². The van der Waals surface area contributed by atoms with E-state index in [2.05, 4.69) is 30.7 Å². The fourth-order valence-electron chi connectivity index (χ4n) is 4.15. The topological polar surface area (TPSA) is 60.4 Å². The van der Waals surface area contributed by atoms with E-state index in [-0.39, 0.29) is 5.60 Å². The molecule has 5 heterocycles. The first-order chi connectivity index (χ1) is 13.1. The molecule has 6 nitrogen and oxygen atoms in total. The third-order valence-corrected chi connectivity index (χ3v) is 6.61. The first-order valence-corrected chi connectivity index (χ1v) is 10.4. The largest absolute Gasteiger partial charge is 0.378 e. The zero-order chi connectivity index (χ0) is 18.6. The average molecular weight is 385 g/mol. The van der Waals surface area contributed by atoms with Gasteiger partial charge in [0.25, 0.3) is 0 Å². The summed E-state index contributed by atoms with van der Waals surface area (Å²) in [6, 6.07) is 0. The third kappa shape index (κ3) is 2.80. The first-order valence-electron chi connectivity index (χ1n) is 9.62. The lowest BCUT2D eigenvalue weighted by molar-refractivity contribution is -0.0401. The van der Waals surface area contributed by atoms with Crippen LogP contribution >= 0.6 is 11.3 Å². The maximum absolute atomic E-state index is 6.10. The SMILES string of the molecule is CCc1nc2sc3c(N4CCOCC4)ncnc3c2c2c1COC(C)(C)C2. The highest BCUT2D eigenvalue weighted by Gasteiger charge is 2.31. The molecule has 1 saturated heterocycles. The van der Waals surface area contributed by atoms with Gasteiger partial charge in [0.2, 0.25) is 0 Å². The van der Waals surface area contributed by atoms with Gasteiger partial charge in [-0.15, -0.1) is 11.3 Å². The van der Waals surface area contributed by atoms with Crippen LogP contribution in [0.2, 0.25) is 0 Å². The van der Waals surface area contributed by atoms with Gasteiger partial charge >= 0.3 is 0 Å². The predicted molar refractivity (Wildman–Crippen MR) is 108 cm³/mol.